The third kappa shape index (κ3) is 4.75. The third-order valence-corrected chi connectivity index (χ3v) is 8.36. The van der Waals surface area contributed by atoms with Crippen LogP contribution in [0.2, 0.25) is 0 Å². The molecule has 0 rings (SSSR count). The predicted molar refractivity (Wildman–Crippen MR) is 100 cm³/mol. The summed E-state index contributed by atoms with van der Waals surface area (Å²) in [4.78, 5) is 0. The Morgan fingerprint density at radius 3 is 1.75 bits per heavy atom. The van der Waals surface area contributed by atoms with Gasteiger partial charge in [-0.3, -0.25) is 0 Å². The van der Waals surface area contributed by atoms with Crippen LogP contribution in [0.25, 0.3) is 0 Å². The third-order valence-electron chi connectivity index (χ3n) is 3.12. The summed E-state index contributed by atoms with van der Waals surface area (Å²) in [5.74, 6) is -2.81. The van der Waals surface area contributed by atoms with Crippen molar-refractivity contribution < 1.29 is 21.9 Å². The number of sulfone groups is 2. The van der Waals surface area contributed by atoms with Gasteiger partial charge in [0, 0.05) is 6.08 Å². The first-order chi connectivity index (χ1) is 13.0. The van der Waals surface area contributed by atoms with Gasteiger partial charge in [-0.25, -0.2) is 16.8 Å². The molecule has 9 nitrogen and oxygen atoms in total. The second kappa shape index (κ2) is 9.89. The summed E-state index contributed by atoms with van der Waals surface area (Å²) < 4.78 is 47.3. The van der Waals surface area contributed by atoms with E-state index in [2.05, 4.69) is 13.2 Å². The fourth-order valence-electron chi connectivity index (χ4n) is 2.00. The van der Waals surface area contributed by atoms with Crippen molar-refractivity contribution in [1.29, 1.82) is 21.0 Å². The van der Waals surface area contributed by atoms with Crippen molar-refractivity contribution >= 4 is 19.7 Å². The molecule has 0 aromatic carbocycles. The molecule has 0 fully saturated rings. The van der Waals surface area contributed by atoms with Crippen LogP contribution in [0.15, 0.2) is 60.4 Å². The molecule has 1 N–H and O–H groups in total. The lowest BCUT2D eigenvalue weighted by atomic mass is 10.1. The Balaban J connectivity index is 7.19. The zero-order valence-corrected chi connectivity index (χ0v) is 16.0. The fourth-order valence-corrected chi connectivity index (χ4v) is 6.20. The second-order valence-electron chi connectivity index (χ2n) is 4.95. The molecule has 0 aliphatic rings. The molecule has 0 amide bonds. The number of allylic oxidation sites excluding steroid dienone is 4. The van der Waals surface area contributed by atoms with Gasteiger partial charge >= 0.3 is 0 Å². The van der Waals surface area contributed by atoms with Gasteiger partial charge in [0.2, 0.25) is 0 Å². The lowest BCUT2D eigenvalue weighted by molar-refractivity contribution is 0.431. The van der Waals surface area contributed by atoms with Gasteiger partial charge in [-0.05, 0) is 12.2 Å². The molecule has 28 heavy (non-hydrogen) atoms. The summed E-state index contributed by atoms with van der Waals surface area (Å²) in [5, 5.41) is 46.2. The highest BCUT2D eigenvalue weighted by molar-refractivity contribution is 8.11. The van der Waals surface area contributed by atoms with E-state index in [1.807, 2.05) is 0 Å². The number of rotatable bonds is 9. The average molecular weight is 418 g/mol. The predicted octanol–water partition coefficient (Wildman–Crippen LogP) is 1.27. The van der Waals surface area contributed by atoms with E-state index in [4.69, 9.17) is 10.5 Å². The van der Waals surface area contributed by atoms with E-state index in [-0.39, 0.29) is 5.57 Å². The molecule has 0 radical (unpaired) electrons. The topological polar surface area (TPSA) is 184 Å². The Morgan fingerprint density at radius 2 is 1.43 bits per heavy atom. The van der Waals surface area contributed by atoms with Crippen molar-refractivity contribution in [2.24, 2.45) is 0 Å². The molecule has 0 aromatic rings. The molecular formula is C17H14N4O5S2. The maximum Gasteiger partial charge on any atom is 0.292 e. The van der Waals surface area contributed by atoms with Crippen molar-refractivity contribution in [3.05, 3.63) is 60.4 Å². The quantitative estimate of drug-likeness (QED) is 0.249. The Morgan fingerprint density at radius 1 is 0.929 bits per heavy atom. The first kappa shape index (κ1) is 24.4. The molecule has 0 saturated heterocycles. The van der Waals surface area contributed by atoms with Crippen LogP contribution in [0, 0.1) is 45.3 Å². The molecule has 0 spiro atoms. The molecule has 0 atom stereocenters. The summed E-state index contributed by atoms with van der Waals surface area (Å²) in [7, 11) is -9.68. The number of aliphatic hydroxyl groups is 1. The summed E-state index contributed by atoms with van der Waals surface area (Å²) in [6.45, 7) is 6.40. The van der Waals surface area contributed by atoms with Crippen LogP contribution in [0.5, 0.6) is 0 Å². The van der Waals surface area contributed by atoms with Gasteiger partial charge < -0.3 is 5.11 Å². The minimum atomic E-state index is -4.84. The molecule has 144 valence electrons. The average Bonchev–Trinajstić information content (AvgIpc) is 2.60. The normalized spacial score (nSPS) is 13.4. The summed E-state index contributed by atoms with van der Waals surface area (Å²) >= 11 is 0. The van der Waals surface area contributed by atoms with Gasteiger partial charge in [0.05, 0.1) is 34.8 Å². The maximum atomic E-state index is 12.7. The van der Waals surface area contributed by atoms with Gasteiger partial charge in [-0.2, -0.15) is 21.0 Å². The van der Waals surface area contributed by atoms with Crippen LogP contribution in [0.1, 0.15) is 0 Å². The zero-order valence-electron chi connectivity index (χ0n) is 14.4. The molecule has 0 bridgehead atoms. The van der Waals surface area contributed by atoms with Crippen molar-refractivity contribution in [3.8, 4) is 24.3 Å². The number of aliphatic hydroxyl groups excluding tert-OH is 1. The van der Waals surface area contributed by atoms with Gasteiger partial charge in [0.1, 0.15) is 17.9 Å². The Hall–Kier alpha value is -3.64. The highest BCUT2D eigenvalue weighted by Crippen LogP contribution is 2.34. The van der Waals surface area contributed by atoms with Crippen LogP contribution in [0.4, 0.5) is 0 Å². The Kier molecular flexibility index (Phi) is 8.61. The van der Waals surface area contributed by atoms with Gasteiger partial charge in [0.15, 0.2) is 19.7 Å². The van der Waals surface area contributed by atoms with E-state index in [9.17, 15) is 32.5 Å². The first-order valence-corrected chi connectivity index (χ1v) is 10.4. The molecule has 0 saturated carbocycles. The highest BCUT2D eigenvalue weighted by Gasteiger charge is 2.58. The van der Waals surface area contributed by atoms with Crippen LogP contribution in [-0.2, 0) is 19.7 Å². The van der Waals surface area contributed by atoms with E-state index in [0.29, 0.717) is 12.2 Å². The lowest BCUT2D eigenvalue weighted by Crippen LogP contribution is -2.48. The van der Waals surface area contributed by atoms with Crippen molar-refractivity contribution in [1.82, 2.24) is 0 Å². The van der Waals surface area contributed by atoms with Crippen LogP contribution in [-0.4, -0.2) is 37.5 Å². The van der Waals surface area contributed by atoms with E-state index >= 15 is 0 Å². The monoisotopic (exact) mass is 418 g/mol. The minimum Gasteiger partial charge on any atom is -0.508 e. The molecule has 0 aromatic heterocycles. The van der Waals surface area contributed by atoms with Gasteiger partial charge in [-0.15, -0.1) is 13.2 Å². The van der Waals surface area contributed by atoms with Gasteiger partial charge in [0.25, 0.3) is 4.08 Å². The van der Waals surface area contributed by atoms with E-state index in [1.54, 1.807) is 6.07 Å². The second-order valence-corrected chi connectivity index (χ2v) is 9.56. The summed E-state index contributed by atoms with van der Waals surface area (Å²) in [6, 6.07) is 5.57. The van der Waals surface area contributed by atoms with Crippen LogP contribution >= 0.6 is 0 Å². The number of nitriles is 4. The Labute approximate surface area is 163 Å². The molecule has 0 unspecified atom stereocenters. The maximum absolute atomic E-state index is 12.7. The molecule has 11 heteroatoms. The molecule has 0 heterocycles. The number of hydrogen-bond donors (Lipinski definition) is 1. The minimum absolute atomic E-state index is 0.362. The molecule has 0 aliphatic carbocycles. The van der Waals surface area contributed by atoms with Gasteiger partial charge in [-0.1, -0.05) is 12.2 Å². The highest BCUT2D eigenvalue weighted by atomic mass is 32.3. The number of hydrogen-bond acceptors (Lipinski definition) is 9. The van der Waals surface area contributed by atoms with E-state index < -0.39 is 46.6 Å². The first-order valence-electron chi connectivity index (χ1n) is 7.14. The summed E-state index contributed by atoms with van der Waals surface area (Å²) in [5.41, 5.74) is -1.47. The zero-order chi connectivity index (χ0) is 22.0. The molecular weight excluding hydrogens is 404 g/mol. The summed E-state index contributed by atoms with van der Waals surface area (Å²) in [6.07, 6.45) is 3.57. The smallest absolute Gasteiger partial charge is 0.292 e. The molecule has 0 aliphatic heterocycles. The SMILES string of the molecule is C=CCS(=O)(=O)C(C#N)(C(C#N)=CC(O)=CC(C#N)=CC#N)S(=O)(=O)CC=C. The van der Waals surface area contributed by atoms with Crippen LogP contribution < -0.4 is 0 Å². The van der Waals surface area contributed by atoms with Crippen molar-refractivity contribution in [2.45, 2.75) is 4.08 Å². The standard InChI is InChI=1S/C17H14N4O5S2/c1-3-7-27(23,24)17(13-21,28(25,26)8-4-2)15(12-20)10-16(22)9-14(11-19)5-6-18/h3-5,9-10,22H,1-2,7-8H2. The number of nitrogens with zero attached hydrogens (tertiary/aromatic N) is 4. The van der Waals surface area contributed by atoms with Crippen LogP contribution in [0.3, 0.4) is 0 Å². The van der Waals surface area contributed by atoms with Crippen molar-refractivity contribution in [2.75, 3.05) is 11.5 Å². The Bertz CT molecular complexity index is 1090. The largest absolute Gasteiger partial charge is 0.508 e. The van der Waals surface area contributed by atoms with E-state index in [0.717, 1.165) is 18.2 Å². The van der Waals surface area contributed by atoms with Crippen molar-refractivity contribution in [3.63, 3.8) is 0 Å². The van der Waals surface area contributed by atoms with E-state index in [1.165, 1.54) is 18.2 Å². The fraction of sp³-hybridized carbons (Fsp3) is 0.176. The lowest BCUT2D eigenvalue weighted by Gasteiger charge is -2.25.